The zero-order valence-corrected chi connectivity index (χ0v) is 28.4. The predicted octanol–water partition coefficient (Wildman–Crippen LogP) is 4.84. The molecule has 0 aliphatic carbocycles. The summed E-state index contributed by atoms with van der Waals surface area (Å²) in [6.07, 6.45) is 6.81. The van der Waals surface area contributed by atoms with Crippen molar-refractivity contribution in [1.29, 1.82) is 0 Å². The molecule has 9 nitrogen and oxygen atoms in total. The first-order valence-electron chi connectivity index (χ1n) is 16.9. The highest BCUT2D eigenvalue weighted by Crippen LogP contribution is 2.41. The molecule has 1 aliphatic heterocycles. The van der Waals surface area contributed by atoms with Crippen molar-refractivity contribution >= 4 is 11.8 Å². The Balaban J connectivity index is 2.19. The maximum atomic E-state index is 12.9. The van der Waals surface area contributed by atoms with Crippen LogP contribution in [0.1, 0.15) is 108 Å². The second-order valence-electron chi connectivity index (χ2n) is 13.5. The van der Waals surface area contributed by atoms with Crippen LogP contribution in [-0.4, -0.2) is 73.1 Å². The van der Waals surface area contributed by atoms with E-state index in [1.807, 2.05) is 26.0 Å². The zero-order chi connectivity index (χ0) is 32.7. The normalized spacial score (nSPS) is 20.1. The number of benzene rings is 1. The van der Waals surface area contributed by atoms with Gasteiger partial charge in [-0.25, -0.2) is 0 Å². The highest BCUT2D eigenvalue weighted by molar-refractivity contribution is 5.92. The molecule has 1 saturated heterocycles. The first-order valence-corrected chi connectivity index (χ1v) is 16.9. The Hall–Kier alpha value is -2.04. The molecule has 252 valence electrons. The second kappa shape index (κ2) is 19.5. The summed E-state index contributed by atoms with van der Waals surface area (Å²) in [5, 5.41) is 14.3. The molecule has 0 spiro atoms. The van der Waals surface area contributed by atoms with E-state index < -0.39 is 23.8 Å². The van der Waals surface area contributed by atoms with Gasteiger partial charge in [0.2, 0.25) is 11.8 Å². The van der Waals surface area contributed by atoms with Gasteiger partial charge in [0.25, 0.3) is 0 Å². The second-order valence-corrected chi connectivity index (χ2v) is 13.5. The summed E-state index contributed by atoms with van der Waals surface area (Å²) >= 11 is 0. The molecule has 5 unspecified atom stereocenters. The summed E-state index contributed by atoms with van der Waals surface area (Å²) in [7, 11) is 1.72. The number of ether oxygens (including phenoxy) is 2. The number of primary amides is 1. The number of aliphatic hydroxyl groups is 1. The molecule has 0 radical (unpaired) electrons. The van der Waals surface area contributed by atoms with Crippen LogP contribution in [0.5, 0.6) is 0 Å². The van der Waals surface area contributed by atoms with Crippen LogP contribution in [0.2, 0.25) is 0 Å². The molecule has 5 atom stereocenters. The van der Waals surface area contributed by atoms with E-state index in [1.165, 1.54) is 0 Å². The number of carbonyl (C=O) groups is 2. The summed E-state index contributed by atoms with van der Waals surface area (Å²) in [5.41, 5.74) is 13.3. The van der Waals surface area contributed by atoms with E-state index in [0.29, 0.717) is 50.6 Å². The lowest BCUT2D eigenvalue weighted by Crippen LogP contribution is -2.49. The number of nitrogens with two attached hydrogens (primary N) is 2. The molecule has 1 heterocycles. The van der Waals surface area contributed by atoms with E-state index in [9.17, 15) is 14.7 Å². The van der Waals surface area contributed by atoms with Crippen molar-refractivity contribution in [1.82, 2.24) is 10.2 Å². The fourth-order valence-electron chi connectivity index (χ4n) is 6.33. The molecule has 6 N–H and O–H groups in total. The Morgan fingerprint density at radius 1 is 1.05 bits per heavy atom. The molecule has 1 aromatic rings. The summed E-state index contributed by atoms with van der Waals surface area (Å²) in [4.78, 5) is 26.9. The van der Waals surface area contributed by atoms with Crippen LogP contribution < -0.4 is 16.8 Å². The molecule has 0 aromatic heterocycles. The summed E-state index contributed by atoms with van der Waals surface area (Å²) in [5.74, 6) is -0.0465. The Bertz CT molecular complexity index is 972. The third kappa shape index (κ3) is 12.0. The number of likely N-dealkylation sites (tertiary alicyclic amines) is 1. The SMILES string of the molecule is CCCCNC(=O)C(CC(O)C(N)CC(CC1(OCCCCOC)CCCN1Cc1ccc(C(N)=O)cc1)C(C)C)C(C)C. The van der Waals surface area contributed by atoms with Gasteiger partial charge in [-0.3, -0.25) is 14.5 Å². The first-order chi connectivity index (χ1) is 20.9. The topological polar surface area (TPSA) is 140 Å². The van der Waals surface area contributed by atoms with Crippen LogP contribution in [0.15, 0.2) is 24.3 Å². The van der Waals surface area contributed by atoms with Crippen molar-refractivity contribution in [2.24, 2.45) is 35.1 Å². The smallest absolute Gasteiger partial charge is 0.248 e. The fourth-order valence-corrected chi connectivity index (χ4v) is 6.33. The number of rotatable bonds is 22. The maximum Gasteiger partial charge on any atom is 0.248 e. The van der Waals surface area contributed by atoms with E-state index >= 15 is 0 Å². The Kier molecular flexibility index (Phi) is 16.9. The molecular formula is C35H62N4O5. The van der Waals surface area contributed by atoms with Crippen molar-refractivity contribution in [3.05, 3.63) is 35.4 Å². The van der Waals surface area contributed by atoms with Gasteiger partial charge in [0.1, 0.15) is 5.72 Å². The van der Waals surface area contributed by atoms with Gasteiger partial charge in [0, 0.05) is 57.5 Å². The summed E-state index contributed by atoms with van der Waals surface area (Å²) in [6, 6.07) is 7.07. The molecule has 2 rings (SSSR count). The number of amides is 2. The van der Waals surface area contributed by atoms with E-state index in [2.05, 4.69) is 31.0 Å². The van der Waals surface area contributed by atoms with E-state index in [0.717, 1.165) is 57.1 Å². The van der Waals surface area contributed by atoms with Gasteiger partial charge in [-0.15, -0.1) is 0 Å². The van der Waals surface area contributed by atoms with Crippen molar-refractivity contribution in [3.8, 4) is 0 Å². The van der Waals surface area contributed by atoms with Crippen LogP contribution in [-0.2, 0) is 20.8 Å². The standard InChI is InChI=1S/C35H62N4O5/c1-7-8-17-38-34(42)30(26(4)5)22-32(40)31(36)21-29(25(2)3)23-35(44-20-10-9-19-43-6)16-11-18-39(35)24-27-12-14-28(15-13-27)33(37)41/h12-15,25-26,29-32,40H,7-11,16-24,36H2,1-6H3,(H2,37,41)(H,38,42). The summed E-state index contributed by atoms with van der Waals surface area (Å²) < 4.78 is 12.1. The van der Waals surface area contributed by atoms with Crippen LogP contribution in [0.4, 0.5) is 0 Å². The van der Waals surface area contributed by atoms with Gasteiger partial charge < -0.3 is 31.4 Å². The van der Waals surface area contributed by atoms with Crippen molar-refractivity contribution < 1.29 is 24.2 Å². The van der Waals surface area contributed by atoms with E-state index in [1.54, 1.807) is 19.2 Å². The average Bonchev–Trinajstić information content (AvgIpc) is 3.36. The monoisotopic (exact) mass is 618 g/mol. The molecule has 9 heteroatoms. The minimum atomic E-state index is -0.769. The van der Waals surface area contributed by atoms with Gasteiger partial charge in [0.05, 0.1) is 6.10 Å². The van der Waals surface area contributed by atoms with Crippen LogP contribution >= 0.6 is 0 Å². The first kappa shape index (κ1) is 38.1. The highest BCUT2D eigenvalue weighted by Gasteiger charge is 2.44. The van der Waals surface area contributed by atoms with Crippen LogP contribution in [0, 0.1) is 23.7 Å². The van der Waals surface area contributed by atoms with Gasteiger partial charge in [0.15, 0.2) is 0 Å². The van der Waals surface area contributed by atoms with E-state index in [-0.39, 0.29) is 23.7 Å². The van der Waals surface area contributed by atoms with Gasteiger partial charge in [-0.2, -0.15) is 0 Å². The molecule has 2 amide bonds. The average molecular weight is 619 g/mol. The fraction of sp³-hybridized carbons (Fsp3) is 0.771. The van der Waals surface area contributed by atoms with Crippen molar-refractivity contribution in [3.63, 3.8) is 0 Å². The molecule has 0 saturated carbocycles. The maximum absolute atomic E-state index is 12.9. The molecule has 44 heavy (non-hydrogen) atoms. The lowest BCUT2D eigenvalue weighted by Gasteiger charge is -2.42. The number of hydrogen-bond acceptors (Lipinski definition) is 7. The molecule has 1 aromatic carbocycles. The minimum Gasteiger partial charge on any atom is -0.391 e. The lowest BCUT2D eigenvalue weighted by molar-refractivity contribution is -0.156. The largest absolute Gasteiger partial charge is 0.391 e. The minimum absolute atomic E-state index is 0.00592. The van der Waals surface area contributed by atoms with Crippen LogP contribution in [0.3, 0.4) is 0 Å². The zero-order valence-electron chi connectivity index (χ0n) is 28.4. The van der Waals surface area contributed by atoms with Gasteiger partial charge >= 0.3 is 0 Å². The molecule has 1 aliphatic rings. The molecule has 1 fully saturated rings. The van der Waals surface area contributed by atoms with Crippen LogP contribution in [0.25, 0.3) is 0 Å². The van der Waals surface area contributed by atoms with E-state index in [4.69, 9.17) is 20.9 Å². The lowest BCUT2D eigenvalue weighted by atomic mass is 9.79. The predicted molar refractivity (Wildman–Crippen MR) is 177 cm³/mol. The van der Waals surface area contributed by atoms with Gasteiger partial charge in [-0.1, -0.05) is 53.2 Å². The Morgan fingerprint density at radius 2 is 1.73 bits per heavy atom. The Labute approximate surface area is 266 Å². The number of nitrogens with zero attached hydrogens (tertiary/aromatic N) is 1. The number of aliphatic hydroxyl groups excluding tert-OH is 1. The molecular weight excluding hydrogens is 556 g/mol. The number of nitrogens with one attached hydrogen (secondary N) is 1. The third-order valence-electron chi connectivity index (χ3n) is 9.36. The highest BCUT2D eigenvalue weighted by atomic mass is 16.5. The van der Waals surface area contributed by atoms with Crippen molar-refractivity contribution in [2.45, 2.75) is 117 Å². The van der Waals surface area contributed by atoms with Crippen molar-refractivity contribution in [2.75, 3.05) is 33.4 Å². The quantitative estimate of drug-likeness (QED) is 0.136. The number of unbranched alkanes of at least 4 members (excludes halogenated alkanes) is 2. The number of hydrogen-bond donors (Lipinski definition) is 4. The Morgan fingerprint density at radius 3 is 2.32 bits per heavy atom. The number of carbonyl (C=O) groups excluding carboxylic acids is 2. The summed E-state index contributed by atoms with van der Waals surface area (Å²) in [6.45, 7) is 14.2. The third-order valence-corrected chi connectivity index (χ3v) is 9.36. The molecule has 0 bridgehead atoms. The number of methoxy groups -OCH3 is 1. The van der Waals surface area contributed by atoms with Gasteiger partial charge in [-0.05, 0) is 86.8 Å².